The van der Waals surface area contributed by atoms with Gasteiger partial charge in [-0.15, -0.1) is 12.4 Å². The average Bonchev–Trinajstić information content (AvgIpc) is 3.22. The standard InChI is InChI=1S/C17H22N4O3.ClH/c1-18-16(12-9-19-21(2)10-12)17(22)20-13-3-5-14(6-4-13)24-15-7-8-23-11-15;/h3-6,9-10,15-16,18H,7-8,11H2,1-2H3,(H,20,22);1H. The second kappa shape index (κ2) is 8.84. The molecule has 1 aliphatic heterocycles. The molecular formula is C17H23ClN4O3. The van der Waals surface area contributed by atoms with Gasteiger partial charge in [-0.05, 0) is 31.3 Å². The van der Waals surface area contributed by atoms with Gasteiger partial charge in [0.25, 0.3) is 0 Å². The number of amides is 1. The molecule has 0 bridgehead atoms. The molecule has 8 heteroatoms. The molecule has 2 N–H and O–H groups in total. The molecule has 1 saturated heterocycles. The van der Waals surface area contributed by atoms with Gasteiger partial charge in [0, 0.05) is 30.9 Å². The van der Waals surface area contributed by atoms with Crippen molar-refractivity contribution in [3.8, 4) is 5.75 Å². The van der Waals surface area contributed by atoms with E-state index in [-0.39, 0.29) is 24.4 Å². The number of likely N-dealkylation sites (N-methyl/N-ethyl adjacent to an activating group) is 1. The van der Waals surface area contributed by atoms with E-state index < -0.39 is 6.04 Å². The fraction of sp³-hybridized carbons (Fsp3) is 0.412. The Bertz CT molecular complexity index is 683. The quantitative estimate of drug-likeness (QED) is 0.816. The number of aromatic nitrogens is 2. The second-order valence-corrected chi connectivity index (χ2v) is 5.79. The number of nitrogens with zero attached hydrogens (tertiary/aromatic N) is 2. The van der Waals surface area contributed by atoms with E-state index in [1.54, 1.807) is 17.9 Å². The van der Waals surface area contributed by atoms with Crippen molar-refractivity contribution in [3.63, 3.8) is 0 Å². The number of anilines is 1. The van der Waals surface area contributed by atoms with Gasteiger partial charge in [-0.3, -0.25) is 9.48 Å². The Kier molecular flexibility index (Phi) is 6.81. The number of benzene rings is 1. The molecule has 0 radical (unpaired) electrons. The van der Waals surface area contributed by atoms with E-state index in [1.807, 2.05) is 37.5 Å². The monoisotopic (exact) mass is 366 g/mol. The summed E-state index contributed by atoms with van der Waals surface area (Å²) in [5.74, 6) is 0.643. The minimum absolute atomic E-state index is 0. The van der Waals surface area contributed by atoms with E-state index >= 15 is 0 Å². The van der Waals surface area contributed by atoms with Crippen molar-refractivity contribution in [3.05, 3.63) is 42.2 Å². The lowest BCUT2D eigenvalue weighted by atomic mass is 10.1. The molecule has 1 aromatic carbocycles. The Morgan fingerprint density at radius 1 is 1.40 bits per heavy atom. The molecule has 7 nitrogen and oxygen atoms in total. The smallest absolute Gasteiger partial charge is 0.246 e. The lowest BCUT2D eigenvalue weighted by Gasteiger charge is -2.15. The zero-order valence-corrected chi connectivity index (χ0v) is 15.1. The molecule has 1 fully saturated rings. The zero-order chi connectivity index (χ0) is 16.9. The summed E-state index contributed by atoms with van der Waals surface area (Å²) in [4.78, 5) is 12.5. The van der Waals surface area contributed by atoms with Crippen molar-refractivity contribution in [2.24, 2.45) is 7.05 Å². The first kappa shape index (κ1) is 19.2. The lowest BCUT2D eigenvalue weighted by Crippen LogP contribution is -2.30. The topological polar surface area (TPSA) is 77.4 Å². The SMILES string of the molecule is CNC(C(=O)Nc1ccc(OC2CCOC2)cc1)c1cnn(C)c1.Cl. The largest absolute Gasteiger partial charge is 0.488 e. The van der Waals surface area contributed by atoms with Gasteiger partial charge in [-0.1, -0.05) is 0 Å². The summed E-state index contributed by atoms with van der Waals surface area (Å²) in [6, 6.07) is 6.92. The number of nitrogens with one attached hydrogen (secondary N) is 2. The predicted molar refractivity (Wildman–Crippen MR) is 97.2 cm³/mol. The number of ether oxygens (including phenoxy) is 2. The van der Waals surface area contributed by atoms with E-state index in [0.29, 0.717) is 6.61 Å². The van der Waals surface area contributed by atoms with E-state index in [1.165, 1.54) is 0 Å². The summed E-state index contributed by atoms with van der Waals surface area (Å²) in [5.41, 5.74) is 1.54. The van der Waals surface area contributed by atoms with Crippen LogP contribution in [0.4, 0.5) is 5.69 Å². The first-order chi connectivity index (χ1) is 11.7. The van der Waals surface area contributed by atoms with E-state index in [2.05, 4.69) is 15.7 Å². The maximum Gasteiger partial charge on any atom is 0.246 e. The van der Waals surface area contributed by atoms with Gasteiger partial charge >= 0.3 is 0 Å². The van der Waals surface area contributed by atoms with Crippen LogP contribution in [0.15, 0.2) is 36.7 Å². The fourth-order valence-electron chi connectivity index (χ4n) is 2.67. The number of carbonyl (C=O) groups is 1. The van der Waals surface area contributed by atoms with Crippen LogP contribution in [-0.4, -0.2) is 42.1 Å². The van der Waals surface area contributed by atoms with Crippen LogP contribution in [-0.2, 0) is 16.6 Å². The highest BCUT2D eigenvalue weighted by molar-refractivity contribution is 5.95. The molecule has 25 heavy (non-hydrogen) atoms. The summed E-state index contributed by atoms with van der Waals surface area (Å²) in [6.07, 6.45) is 4.53. The Labute approximate surface area is 153 Å². The first-order valence-corrected chi connectivity index (χ1v) is 7.97. The highest BCUT2D eigenvalue weighted by Crippen LogP contribution is 2.21. The molecule has 1 aromatic heterocycles. The molecule has 0 aliphatic carbocycles. The van der Waals surface area contributed by atoms with Crippen LogP contribution in [0, 0.1) is 0 Å². The fourth-order valence-corrected chi connectivity index (χ4v) is 2.67. The van der Waals surface area contributed by atoms with Crippen molar-refractivity contribution in [2.45, 2.75) is 18.6 Å². The van der Waals surface area contributed by atoms with E-state index in [9.17, 15) is 4.79 Å². The maximum atomic E-state index is 12.5. The Balaban J connectivity index is 0.00000225. The number of aryl methyl sites for hydroxylation is 1. The highest BCUT2D eigenvalue weighted by Gasteiger charge is 2.20. The predicted octanol–water partition coefficient (Wildman–Crippen LogP) is 1.91. The van der Waals surface area contributed by atoms with Crippen molar-refractivity contribution in [2.75, 3.05) is 25.6 Å². The van der Waals surface area contributed by atoms with E-state index in [0.717, 1.165) is 30.0 Å². The lowest BCUT2D eigenvalue weighted by molar-refractivity contribution is -0.118. The molecule has 0 saturated carbocycles. The maximum absolute atomic E-state index is 12.5. The summed E-state index contributed by atoms with van der Waals surface area (Å²) in [5, 5.41) is 10.0. The van der Waals surface area contributed by atoms with Gasteiger partial charge in [-0.2, -0.15) is 5.10 Å². The van der Waals surface area contributed by atoms with Crippen LogP contribution in [0.1, 0.15) is 18.0 Å². The van der Waals surface area contributed by atoms with Crippen LogP contribution in [0.5, 0.6) is 5.75 Å². The highest BCUT2D eigenvalue weighted by atomic mass is 35.5. The van der Waals surface area contributed by atoms with Gasteiger partial charge in [0.1, 0.15) is 17.9 Å². The van der Waals surface area contributed by atoms with Gasteiger partial charge < -0.3 is 20.1 Å². The summed E-state index contributed by atoms with van der Waals surface area (Å²) in [6.45, 7) is 1.38. The molecule has 0 spiro atoms. The normalized spacial score (nSPS) is 17.6. The third-order valence-electron chi connectivity index (χ3n) is 3.92. The summed E-state index contributed by atoms with van der Waals surface area (Å²) < 4.78 is 12.8. The van der Waals surface area contributed by atoms with Crippen LogP contribution in [0.25, 0.3) is 0 Å². The van der Waals surface area contributed by atoms with Crippen molar-refractivity contribution >= 4 is 24.0 Å². The van der Waals surface area contributed by atoms with Crippen LogP contribution in [0.2, 0.25) is 0 Å². The minimum atomic E-state index is -0.453. The van der Waals surface area contributed by atoms with Crippen molar-refractivity contribution in [1.82, 2.24) is 15.1 Å². The molecule has 2 atom stereocenters. The second-order valence-electron chi connectivity index (χ2n) is 5.79. The van der Waals surface area contributed by atoms with Crippen LogP contribution in [0.3, 0.4) is 0 Å². The molecule has 2 aromatic rings. The molecular weight excluding hydrogens is 344 g/mol. The number of hydrogen-bond acceptors (Lipinski definition) is 5. The van der Waals surface area contributed by atoms with Gasteiger partial charge in [0.2, 0.25) is 5.91 Å². The average molecular weight is 367 g/mol. The van der Waals surface area contributed by atoms with Gasteiger partial charge in [0.05, 0.1) is 19.4 Å². The van der Waals surface area contributed by atoms with Crippen molar-refractivity contribution in [1.29, 1.82) is 0 Å². The first-order valence-electron chi connectivity index (χ1n) is 7.97. The third kappa shape index (κ3) is 4.94. The molecule has 136 valence electrons. The molecule has 3 rings (SSSR count). The number of rotatable bonds is 6. The molecule has 2 heterocycles. The zero-order valence-electron chi connectivity index (χ0n) is 14.3. The molecule has 1 amide bonds. The van der Waals surface area contributed by atoms with Crippen LogP contribution >= 0.6 is 12.4 Å². The number of hydrogen-bond donors (Lipinski definition) is 2. The Hall–Kier alpha value is -2.09. The number of carbonyl (C=O) groups excluding carboxylic acids is 1. The van der Waals surface area contributed by atoms with Crippen LogP contribution < -0.4 is 15.4 Å². The van der Waals surface area contributed by atoms with Gasteiger partial charge in [0.15, 0.2) is 0 Å². The summed E-state index contributed by atoms with van der Waals surface area (Å²) >= 11 is 0. The van der Waals surface area contributed by atoms with E-state index in [4.69, 9.17) is 9.47 Å². The Morgan fingerprint density at radius 2 is 2.16 bits per heavy atom. The summed E-state index contributed by atoms with van der Waals surface area (Å²) in [7, 11) is 3.57. The van der Waals surface area contributed by atoms with Crippen molar-refractivity contribution < 1.29 is 14.3 Å². The van der Waals surface area contributed by atoms with Gasteiger partial charge in [-0.25, -0.2) is 0 Å². The Morgan fingerprint density at radius 3 is 2.72 bits per heavy atom. The molecule has 1 aliphatic rings. The molecule has 2 unspecified atom stereocenters. The number of halogens is 1. The minimum Gasteiger partial charge on any atom is -0.488 e. The third-order valence-corrected chi connectivity index (χ3v) is 3.92.